The molecular formula is C29H32N4O2S. The number of carbonyl (C=O) groups excluding carboxylic acids is 1. The van der Waals surface area contributed by atoms with E-state index in [0.29, 0.717) is 12.5 Å². The summed E-state index contributed by atoms with van der Waals surface area (Å²) < 4.78 is 1.66. The number of nitrogens with one attached hydrogen (secondary N) is 1. The lowest BCUT2D eigenvalue weighted by molar-refractivity contribution is -0.114. The quantitative estimate of drug-likeness (QED) is 0.355. The molecule has 0 atom stereocenters. The number of anilines is 1. The first-order chi connectivity index (χ1) is 17.5. The van der Waals surface area contributed by atoms with Gasteiger partial charge in [0.05, 0.1) is 10.3 Å². The molecule has 7 heteroatoms. The van der Waals surface area contributed by atoms with Crippen molar-refractivity contribution in [1.82, 2.24) is 14.7 Å². The largest absolute Gasteiger partial charge is 0.326 e. The van der Waals surface area contributed by atoms with Crippen molar-refractivity contribution in [2.24, 2.45) is 0 Å². The van der Waals surface area contributed by atoms with Gasteiger partial charge in [-0.2, -0.15) is 5.10 Å². The molecule has 186 valence electrons. The molecule has 3 heterocycles. The minimum absolute atomic E-state index is 0.0135. The van der Waals surface area contributed by atoms with Gasteiger partial charge in [0, 0.05) is 29.4 Å². The van der Waals surface area contributed by atoms with Gasteiger partial charge in [0.15, 0.2) is 0 Å². The standard InChI is InChI=1S/C29H32N4O2S/c1-20-11-12-27(36-20)28-25-9-3-4-10-26(25)29(35)33(31-28)16-6-15-32-17-13-22(14-18-32)23-7-5-8-24(19-23)30-21(2)34/h3-5,7-12,19,22H,6,13-18H2,1-2H3,(H,30,34). The third kappa shape index (κ3) is 5.42. The first-order valence-electron chi connectivity index (χ1n) is 12.6. The van der Waals surface area contributed by atoms with E-state index in [0.717, 1.165) is 65.9 Å². The highest BCUT2D eigenvalue weighted by Gasteiger charge is 2.21. The molecule has 1 amide bonds. The molecule has 4 aromatic rings. The number of aryl methyl sites for hydroxylation is 2. The van der Waals surface area contributed by atoms with Crippen LogP contribution in [0.1, 0.15) is 42.5 Å². The van der Waals surface area contributed by atoms with Crippen LogP contribution in [0.4, 0.5) is 5.69 Å². The van der Waals surface area contributed by atoms with E-state index >= 15 is 0 Å². The summed E-state index contributed by atoms with van der Waals surface area (Å²) in [6.45, 7) is 7.27. The van der Waals surface area contributed by atoms with E-state index in [-0.39, 0.29) is 11.5 Å². The van der Waals surface area contributed by atoms with E-state index < -0.39 is 0 Å². The summed E-state index contributed by atoms with van der Waals surface area (Å²) in [4.78, 5) is 29.4. The Hall–Kier alpha value is -3.29. The van der Waals surface area contributed by atoms with Gasteiger partial charge in [-0.15, -0.1) is 11.3 Å². The van der Waals surface area contributed by atoms with E-state index in [9.17, 15) is 9.59 Å². The van der Waals surface area contributed by atoms with Crippen LogP contribution in [-0.4, -0.2) is 40.2 Å². The maximum absolute atomic E-state index is 13.2. The van der Waals surface area contributed by atoms with Crippen molar-refractivity contribution in [1.29, 1.82) is 0 Å². The highest BCUT2D eigenvalue weighted by Crippen LogP contribution is 2.31. The van der Waals surface area contributed by atoms with Crippen LogP contribution in [-0.2, 0) is 11.3 Å². The molecule has 0 unspecified atom stereocenters. The van der Waals surface area contributed by atoms with Gasteiger partial charge < -0.3 is 10.2 Å². The minimum Gasteiger partial charge on any atom is -0.326 e. The average Bonchev–Trinajstić information content (AvgIpc) is 3.31. The van der Waals surface area contributed by atoms with E-state index in [1.807, 2.05) is 36.4 Å². The third-order valence-corrected chi connectivity index (χ3v) is 7.96. The van der Waals surface area contributed by atoms with Crippen LogP contribution >= 0.6 is 11.3 Å². The van der Waals surface area contributed by atoms with Gasteiger partial charge >= 0.3 is 0 Å². The predicted molar refractivity (Wildman–Crippen MR) is 148 cm³/mol. The predicted octanol–water partition coefficient (Wildman–Crippen LogP) is 5.66. The van der Waals surface area contributed by atoms with Crippen molar-refractivity contribution < 1.29 is 4.79 Å². The normalized spacial score (nSPS) is 14.8. The molecule has 1 aliphatic rings. The molecular weight excluding hydrogens is 468 g/mol. The molecule has 1 fully saturated rings. The molecule has 6 nitrogen and oxygen atoms in total. The van der Waals surface area contributed by atoms with Gasteiger partial charge in [-0.25, -0.2) is 4.68 Å². The van der Waals surface area contributed by atoms with Crippen molar-refractivity contribution in [3.63, 3.8) is 0 Å². The zero-order chi connectivity index (χ0) is 25.1. The minimum atomic E-state index is -0.0420. The fourth-order valence-corrected chi connectivity index (χ4v) is 6.00. The van der Waals surface area contributed by atoms with Crippen LogP contribution in [0.2, 0.25) is 0 Å². The van der Waals surface area contributed by atoms with Crippen molar-refractivity contribution in [3.05, 3.63) is 81.5 Å². The van der Waals surface area contributed by atoms with E-state index in [1.54, 1.807) is 16.0 Å². The molecule has 1 N–H and O–H groups in total. The zero-order valence-corrected chi connectivity index (χ0v) is 21.7. The SMILES string of the molecule is CC(=O)Nc1cccc(C2CCN(CCCn3nc(-c4ccc(C)s4)c4ccccc4c3=O)CC2)c1. The van der Waals surface area contributed by atoms with Crippen molar-refractivity contribution >= 4 is 33.7 Å². The van der Waals surface area contributed by atoms with E-state index in [1.165, 1.54) is 17.4 Å². The number of thiophene rings is 1. The topological polar surface area (TPSA) is 67.2 Å². The lowest BCUT2D eigenvalue weighted by Crippen LogP contribution is -2.34. The Balaban J connectivity index is 1.22. The second-order valence-electron chi connectivity index (χ2n) is 9.61. The summed E-state index contributed by atoms with van der Waals surface area (Å²) in [5.74, 6) is 0.469. The molecule has 0 radical (unpaired) electrons. The first kappa shape index (κ1) is 24.4. The number of amides is 1. The van der Waals surface area contributed by atoms with Crippen LogP contribution in [0.15, 0.2) is 65.5 Å². The maximum Gasteiger partial charge on any atom is 0.274 e. The summed E-state index contributed by atoms with van der Waals surface area (Å²) in [5.41, 5.74) is 3.04. The number of nitrogens with zero attached hydrogens (tertiary/aromatic N) is 3. The number of hydrogen-bond acceptors (Lipinski definition) is 5. The van der Waals surface area contributed by atoms with Crippen LogP contribution in [0, 0.1) is 6.92 Å². The fraction of sp³-hybridized carbons (Fsp3) is 0.345. The molecule has 0 aliphatic carbocycles. The Kier molecular flexibility index (Phi) is 7.30. The van der Waals surface area contributed by atoms with E-state index in [2.05, 4.69) is 41.4 Å². The number of piperidine rings is 1. The van der Waals surface area contributed by atoms with Crippen molar-refractivity contribution in [2.75, 3.05) is 25.0 Å². The number of aromatic nitrogens is 2. The Labute approximate surface area is 215 Å². The number of likely N-dealkylation sites (tertiary alicyclic amines) is 1. The third-order valence-electron chi connectivity index (χ3n) is 6.95. The number of rotatable bonds is 7. The molecule has 5 rings (SSSR count). The molecule has 0 saturated carbocycles. The second kappa shape index (κ2) is 10.8. The molecule has 1 saturated heterocycles. The number of hydrogen-bond donors (Lipinski definition) is 1. The summed E-state index contributed by atoms with van der Waals surface area (Å²) in [7, 11) is 0. The Morgan fingerprint density at radius 2 is 1.81 bits per heavy atom. The van der Waals surface area contributed by atoms with Crippen LogP contribution in [0.25, 0.3) is 21.3 Å². The highest BCUT2D eigenvalue weighted by atomic mass is 32.1. The highest BCUT2D eigenvalue weighted by molar-refractivity contribution is 7.15. The summed E-state index contributed by atoms with van der Waals surface area (Å²) in [6.07, 6.45) is 3.08. The Bertz CT molecular complexity index is 1430. The fourth-order valence-electron chi connectivity index (χ4n) is 5.14. The number of benzene rings is 2. The average molecular weight is 501 g/mol. The van der Waals surface area contributed by atoms with Gasteiger partial charge in [0.1, 0.15) is 5.69 Å². The molecule has 36 heavy (non-hydrogen) atoms. The van der Waals surface area contributed by atoms with Gasteiger partial charge in [-0.1, -0.05) is 30.3 Å². The summed E-state index contributed by atoms with van der Waals surface area (Å²) in [6, 6.07) is 20.2. The second-order valence-corrected chi connectivity index (χ2v) is 10.9. The summed E-state index contributed by atoms with van der Waals surface area (Å²) in [5, 5.41) is 9.35. The van der Waals surface area contributed by atoms with Gasteiger partial charge in [0.2, 0.25) is 5.91 Å². The maximum atomic E-state index is 13.2. The van der Waals surface area contributed by atoms with Crippen LogP contribution in [0.3, 0.4) is 0 Å². The molecule has 0 spiro atoms. The van der Waals surface area contributed by atoms with Gasteiger partial charge in [-0.05, 0) is 87.6 Å². The van der Waals surface area contributed by atoms with E-state index in [4.69, 9.17) is 5.10 Å². The molecule has 0 bridgehead atoms. The molecule has 1 aliphatic heterocycles. The zero-order valence-electron chi connectivity index (χ0n) is 20.9. The lowest BCUT2D eigenvalue weighted by Gasteiger charge is -2.32. The smallest absolute Gasteiger partial charge is 0.274 e. The number of fused-ring (bicyclic) bond motifs is 1. The molecule has 2 aromatic heterocycles. The first-order valence-corrected chi connectivity index (χ1v) is 13.5. The number of carbonyl (C=O) groups is 1. The van der Waals surface area contributed by atoms with Crippen LogP contribution < -0.4 is 10.9 Å². The van der Waals surface area contributed by atoms with Crippen LogP contribution in [0.5, 0.6) is 0 Å². The van der Waals surface area contributed by atoms with Crippen molar-refractivity contribution in [3.8, 4) is 10.6 Å². The van der Waals surface area contributed by atoms with Crippen molar-refractivity contribution in [2.45, 2.75) is 45.6 Å². The summed E-state index contributed by atoms with van der Waals surface area (Å²) >= 11 is 1.71. The lowest BCUT2D eigenvalue weighted by atomic mass is 9.89. The molecule has 2 aromatic carbocycles. The Morgan fingerprint density at radius 3 is 2.53 bits per heavy atom. The van der Waals surface area contributed by atoms with Gasteiger partial charge in [0.25, 0.3) is 5.56 Å². The monoisotopic (exact) mass is 500 g/mol. The Morgan fingerprint density at radius 1 is 1.03 bits per heavy atom. The van der Waals surface area contributed by atoms with Gasteiger partial charge in [-0.3, -0.25) is 9.59 Å².